The van der Waals surface area contributed by atoms with Crippen LogP contribution in [0, 0.1) is 0 Å². The van der Waals surface area contributed by atoms with Crippen LogP contribution in [0.2, 0.25) is 0 Å². The minimum Gasteiger partial charge on any atom is -0.456 e. The van der Waals surface area contributed by atoms with E-state index >= 15 is 0 Å². The van der Waals surface area contributed by atoms with Gasteiger partial charge in [0.15, 0.2) is 6.73 Å². The number of esters is 1. The molecule has 43 heavy (non-hydrogen) atoms. The van der Waals surface area contributed by atoms with Crippen LogP contribution in [0.1, 0.15) is 12.8 Å². The first-order valence-corrected chi connectivity index (χ1v) is 17.5. The number of hydrogen-bond acceptors (Lipinski definition) is 5. The lowest BCUT2D eigenvalue weighted by Gasteiger charge is -2.27. The number of nitrogens with one attached hydrogen (secondary N) is 1. The topological polar surface area (TPSA) is 85.6 Å². The second kappa shape index (κ2) is 12.5. The van der Waals surface area contributed by atoms with Gasteiger partial charge in [0.05, 0.1) is 11.1 Å². The molecule has 0 fully saturated rings. The minimum absolute atomic E-state index is 0.0401. The molecule has 0 saturated carbocycles. The number of ether oxygens (including phenoxy) is 1. The maximum atomic E-state index is 12.9. The number of furan rings is 1. The summed E-state index contributed by atoms with van der Waals surface area (Å²) in [5.74, 6) is -0.456. The summed E-state index contributed by atoms with van der Waals surface area (Å²) < 4.78 is 39.4. The number of carbonyl (C=O) groups is 1. The van der Waals surface area contributed by atoms with E-state index in [-0.39, 0.29) is 11.3 Å². The molecular weight excluding hydrogens is 577 g/mol. The fourth-order valence-electron chi connectivity index (χ4n) is 5.56. The van der Waals surface area contributed by atoms with Gasteiger partial charge in [-0.15, -0.1) is 0 Å². The molecule has 6 aromatic rings. The molecule has 0 unspecified atom stereocenters. The molecule has 0 radical (unpaired) electrons. The molecule has 0 aliphatic rings. The van der Waals surface area contributed by atoms with Gasteiger partial charge in [0.1, 0.15) is 34.3 Å². The lowest BCUT2D eigenvalue weighted by molar-refractivity contribution is -0.143. The molecule has 5 aromatic carbocycles. The monoisotopic (exact) mass is 608 g/mol. The molecule has 0 atom stereocenters. The molecule has 0 aliphatic heterocycles. The molecule has 0 spiro atoms. The lowest BCUT2D eigenvalue weighted by Crippen LogP contribution is -2.33. The third-order valence-electron chi connectivity index (χ3n) is 7.61. The van der Waals surface area contributed by atoms with Crippen molar-refractivity contribution < 1.29 is 22.4 Å². The standard InChI is InChI=1S/C35H31NO5PS/c37-35(40-26-36-43(38,39)30-22-23-32-31-19-10-11-20-33(31)41-34(32)25-30)21-12-24-42(27-13-4-1-5-14-27,28-15-6-2-7-16-28)29-17-8-3-9-18-29/h1-11,13-20,22-23,25,36H,12,21,24,26H2/q+1. The van der Waals surface area contributed by atoms with Gasteiger partial charge in [0, 0.05) is 23.3 Å². The van der Waals surface area contributed by atoms with Gasteiger partial charge in [-0.2, -0.15) is 4.72 Å². The van der Waals surface area contributed by atoms with Gasteiger partial charge in [0.2, 0.25) is 10.0 Å². The molecule has 0 amide bonds. The fourth-order valence-corrected chi connectivity index (χ4v) is 10.8. The zero-order chi connectivity index (χ0) is 29.7. The first-order valence-electron chi connectivity index (χ1n) is 14.1. The number of hydrogen-bond donors (Lipinski definition) is 1. The molecule has 0 saturated heterocycles. The van der Waals surface area contributed by atoms with Crippen LogP contribution >= 0.6 is 7.26 Å². The summed E-state index contributed by atoms with van der Waals surface area (Å²) in [6, 6.07) is 43.7. The minimum atomic E-state index is -3.92. The third kappa shape index (κ3) is 5.98. The summed E-state index contributed by atoms with van der Waals surface area (Å²) in [5.41, 5.74) is 1.16. The number of para-hydroxylation sites is 1. The Bertz CT molecular complexity index is 1860. The predicted octanol–water partition coefficient (Wildman–Crippen LogP) is 6.14. The Hall–Kier alpha value is -4.29. The van der Waals surface area contributed by atoms with E-state index in [1.165, 1.54) is 28.0 Å². The lowest BCUT2D eigenvalue weighted by atomic mass is 10.2. The molecule has 216 valence electrons. The summed E-state index contributed by atoms with van der Waals surface area (Å²) in [7, 11) is -5.98. The second-order valence-electron chi connectivity index (χ2n) is 10.2. The van der Waals surface area contributed by atoms with Crippen LogP contribution in [-0.2, 0) is 19.6 Å². The zero-order valence-corrected chi connectivity index (χ0v) is 25.1. The number of rotatable bonds is 11. The largest absolute Gasteiger partial charge is 0.456 e. The van der Waals surface area contributed by atoms with E-state index in [4.69, 9.17) is 9.15 Å². The van der Waals surface area contributed by atoms with E-state index in [1.54, 1.807) is 6.07 Å². The van der Waals surface area contributed by atoms with Gasteiger partial charge in [-0.3, -0.25) is 4.79 Å². The van der Waals surface area contributed by atoms with E-state index in [2.05, 4.69) is 77.5 Å². The Labute approximate surface area is 251 Å². The smallest absolute Gasteiger partial charge is 0.307 e. The van der Waals surface area contributed by atoms with Gasteiger partial charge in [-0.05, 0) is 61.0 Å². The van der Waals surface area contributed by atoms with Gasteiger partial charge in [-0.25, -0.2) is 8.42 Å². The van der Waals surface area contributed by atoms with Crippen molar-refractivity contribution in [3.05, 3.63) is 133 Å². The van der Waals surface area contributed by atoms with Crippen LogP contribution in [0.15, 0.2) is 143 Å². The van der Waals surface area contributed by atoms with Crippen LogP contribution < -0.4 is 20.6 Å². The van der Waals surface area contributed by atoms with Crippen molar-refractivity contribution in [2.45, 2.75) is 17.7 Å². The number of sulfonamides is 1. The SMILES string of the molecule is O=C(CCC[P+](c1ccccc1)(c1ccccc1)c1ccccc1)OCNS(=O)(=O)c1ccc2c(c1)oc1ccccc12. The van der Waals surface area contributed by atoms with E-state index in [1.807, 2.05) is 42.5 Å². The summed E-state index contributed by atoms with van der Waals surface area (Å²) in [6.45, 7) is -0.449. The van der Waals surface area contributed by atoms with Crippen molar-refractivity contribution >= 4 is 61.1 Å². The van der Waals surface area contributed by atoms with Crippen molar-refractivity contribution in [3.8, 4) is 0 Å². The van der Waals surface area contributed by atoms with Crippen LogP contribution in [-0.4, -0.2) is 27.3 Å². The van der Waals surface area contributed by atoms with Gasteiger partial charge in [0.25, 0.3) is 0 Å². The van der Waals surface area contributed by atoms with Crippen LogP contribution in [0.5, 0.6) is 0 Å². The van der Waals surface area contributed by atoms with E-state index < -0.39 is 30.0 Å². The van der Waals surface area contributed by atoms with Crippen LogP contribution in [0.3, 0.4) is 0 Å². The Morgan fingerprint density at radius 1 is 0.674 bits per heavy atom. The second-order valence-corrected chi connectivity index (χ2v) is 15.6. The zero-order valence-electron chi connectivity index (χ0n) is 23.4. The summed E-state index contributed by atoms with van der Waals surface area (Å²) in [5, 5.41) is 5.49. The normalized spacial score (nSPS) is 12.0. The first kappa shape index (κ1) is 28.8. The molecule has 1 N–H and O–H groups in total. The molecule has 6 nitrogen and oxygen atoms in total. The molecule has 0 bridgehead atoms. The Kier molecular flexibility index (Phi) is 8.39. The quantitative estimate of drug-likeness (QED) is 0.109. The number of benzene rings is 5. The average molecular weight is 609 g/mol. The molecule has 8 heteroatoms. The van der Waals surface area contributed by atoms with Gasteiger partial charge in [-0.1, -0.05) is 72.8 Å². The molecular formula is C35H31NO5PS+. The highest BCUT2D eigenvalue weighted by molar-refractivity contribution is 7.95. The maximum absolute atomic E-state index is 12.9. The highest BCUT2D eigenvalue weighted by Gasteiger charge is 2.44. The average Bonchev–Trinajstić information content (AvgIpc) is 3.42. The Balaban J connectivity index is 1.13. The Morgan fingerprint density at radius 3 is 1.81 bits per heavy atom. The number of carbonyl (C=O) groups excluding carboxylic acids is 1. The summed E-state index contributed by atoms with van der Waals surface area (Å²) in [6.07, 6.45) is 1.52. The first-order chi connectivity index (χ1) is 21.0. The highest BCUT2D eigenvalue weighted by atomic mass is 32.2. The van der Waals surface area contributed by atoms with Gasteiger partial charge >= 0.3 is 5.97 Å². The highest BCUT2D eigenvalue weighted by Crippen LogP contribution is 2.55. The van der Waals surface area contributed by atoms with Crippen molar-refractivity contribution in [1.82, 2.24) is 4.72 Å². The van der Waals surface area contributed by atoms with Crippen molar-refractivity contribution in [2.75, 3.05) is 12.9 Å². The Morgan fingerprint density at radius 2 is 1.21 bits per heavy atom. The number of fused-ring (bicyclic) bond motifs is 3. The molecule has 1 aromatic heterocycles. The van der Waals surface area contributed by atoms with Crippen molar-refractivity contribution in [3.63, 3.8) is 0 Å². The predicted molar refractivity (Wildman–Crippen MR) is 174 cm³/mol. The van der Waals surface area contributed by atoms with Crippen LogP contribution in [0.25, 0.3) is 21.9 Å². The van der Waals surface area contributed by atoms with Crippen molar-refractivity contribution in [2.24, 2.45) is 0 Å². The van der Waals surface area contributed by atoms with E-state index in [0.29, 0.717) is 17.6 Å². The molecule has 1 heterocycles. The summed E-state index contributed by atoms with van der Waals surface area (Å²) >= 11 is 0. The van der Waals surface area contributed by atoms with Crippen LogP contribution in [0.4, 0.5) is 0 Å². The molecule has 6 rings (SSSR count). The fraction of sp³-hybridized carbons (Fsp3) is 0.114. The van der Waals surface area contributed by atoms with Gasteiger partial charge < -0.3 is 9.15 Å². The third-order valence-corrected chi connectivity index (χ3v) is 13.5. The molecule has 0 aliphatic carbocycles. The van der Waals surface area contributed by atoms with Crippen molar-refractivity contribution in [1.29, 1.82) is 0 Å². The maximum Gasteiger partial charge on any atom is 0.307 e. The summed E-state index contributed by atoms with van der Waals surface area (Å²) in [4.78, 5) is 12.8. The van der Waals surface area contributed by atoms with E-state index in [0.717, 1.165) is 16.9 Å². The van der Waals surface area contributed by atoms with E-state index in [9.17, 15) is 13.2 Å².